The van der Waals surface area contributed by atoms with Crippen LogP contribution in [0.3, 0.4) is 0 Å². The third kappa shape index (κ3) is 35.8. The molecule has 0 unspecified atom stereocenters. The standard InChI is InChI=1S/C47H88O7/c1-5-7-9-11-13-15-17-19-21-23-25-29-33-37-44(49)52-41-43(54-46(51)47(3,4)39-35-31-27-28-32-36-40-48)42-53-45(50)38-34-30-26-24-22-20-18-16-14-12-10-8-6-2/h40,43H,5-39,41-42H2,1-4H3. The molecule has 7 heteroatoms. The molecule has 0 fully saturated rings. The van der Waals surface area contributed by atoms with Gasteiger partial charge in [-0.3, -0.25) is 14.4 Å². The Hall–Kier alpha value is -1.92. The Morgan fingerprint density at radius 3 is 1.13 bits per heavy atom. The maximum absolute atomic E-state index is 13.2. The predicted octanol–water partition coefficient (Wildman–Crippen LogP) is 13.9. The fourth-order valence-corrected chi connectivity index (χ4v) is 6.94. The number of hydrogen-bond acceptors (Lipinski definition) is 7. The van der Waals surface area contributed by atoms with E-state index < -0.39 is 11.5 Å². The van der Waals surface area contributed by atoms with E-state index in [0.29, 0.717) is 25.7 Å². The van der Waals surface area contributed by atoms with Gasteiger partial charge in [0.2, 0.25) is 0 Å². The van der Waals surface area contributed by atoms with Crippen LogP contribution in [0.5, 0.6) is 0 Å². The van der Waals surface area contributed by atoms with E-state index in [1.165, 1.54) is 128 Å². The fourth-order valence-electron chi connectivity index (χ4n) is 6.94. The average molecular weight is 765 g/mol. The van der Waals surface area contributed by atoms with Gasteiger partial charge in [0.15, 0.2) is 6.10 Å². The highest BCUT2D eigenvalue weighted by Gasteiger charge is 2.32. The largest absolute Gasteiger partial charge is 0.462 e. The number of aldehydes is 1. The molecule has 0 radical (unpaired) electrons. The van der Waals surface area contributed by atoms with Gasteiger partial charge < -0.3 is 19.0 Å². The summed E-state index contributed by atoms with van der Waals surface area (Å²) in [7, 11) is 0. The molecule has 7 nitrogen and oxygen atoms in total. The van der Waals surface area contributed by atoms with Crippen molar-refractivity contribution < 1.29 is 33.4 Å². The molecule has 0 bridgehead atoms. The molecule has 0 aliphatic heterocycles. The molecule has 54 heavy (non-hydrogen) atoms. The van der Waals surface area contributed by atoms with Crippen molar-refractivity contribution in [2.45, 2.75) is 259 Å². The average Bonchev–Trinajstić information content (AvgIpc) is 3.15. The highest BCUT2D eigenvalue weighted by Crippen LogP contribution is 2.27. The van der Waals surface area contributed by atoms with Crippen LogP contribution in [-0.2, 0) is 33.4 Å². The van der Waals surface area contributed by atoms with Crippen molar-refractivity contribution >= 4 is 24.2 Å². The lowest BCUT2D eigenvalue weighted by atomic mass is 9.87. The van der Waals surface area contributed by atoms with E-state index in [0.717, 1.165) is 76.9 Å². The van der Waals surface area contributed by atoms with E-state index in [-0.39, 0.29) is 31.1 Å². The van der Waals surface area contributed by atoms with E-state index >= 15 is 0 Å². The molecule has 0 heterocycles. The number of ether oxygens (including phenoxy) is 3. The van der Waals surface area contributed by atoms with Crippen LogP contribution >= 0.6 is 0 Å². The van der Waals surface area contributed by atoms with Crippen molar-refractivity contribution in [3.05, 3.63) is 0 Å². The van der Waals surface area contributed by atoms with Crippen LogP contribution in [0.15, 0.2) is 0 Å². The van der Waals surface area contributed by atoms with Crippen molar-refractivity contribution in [2.24, 2.45) is 5.41 Å². The predicted molar refractivity (Wildman–Crippen MR) is 225 cm³/mol. The number of carbonyl (C=O) groups excluding carboxylic acids is 4. The Labute approximate surface area is 334 Å². The van der Waals surface area contributed by atoms with Crippen LogP contribution in [0.1, 0.15) is 252 Å². The Kier molecular flexibility index (Phi) is 37.9. The van der Waals surface area contributed by atoms with E-state index in [1.54, 1.807) is 0 Å². The first-order chi connectivity index (χ1) is 26.3. The minimum Gasteiger partial charge on any atom is -0.462 e. The smallest absolute Gasteiger partial charge is 0.312 e. The molecule has 0 amide bonds. The van der Waals surface area contributed by atoms with Crippen molar-refractivity contribution in [2.75, 3.05) is 13.2 Å². The van der Waals surface area contributed by atoms with Crippen LogP contribution < -0.4 is 0 Å². The Bertz CT molecular complexity index is 824. The van der Waals surface area contributed by atoms with Crippen LogP contribution in [0.2, 0.25) is 0 Å². The molecule has 318 valence electrons. The number of carbonyl (C=O) groups is 4. The molecular weight excluding hydrogens is 677 g/mol. The van der Waals surface area contributed by atoms with Crippen molar-refractivity contribution in [3.8, 4) is 0 Å². The van der Waals surface area contributed by atoms with Crippen LogP contribution in [0.4, 0.5) is 0 Å². The molecular formula is C47H88O7. The summed E-state index contributed by atoms with van der Waals surface area (Å²) < 4.78 is 16.9. The summed E-state index contributed by atoms with van der Waals surface area (Å²) in [4.78, 5) is 49.0. The second-order valence-corrected chi connectivity index (χ2v) is 16.7. The summed E-state index contributed by atoms with van der Waals surface area (Å²) in [5.74, 6) is -0.967. The van der Waals surface area contributed by atoms with Crippen LogP contribution in [0.25, 0.3) is 0 Å². The molecule has 0 aromatic rings. The van der Waals surface area contributed by atoms with Gasteiger partial charge in [-0.25, -0.2) is 0 Å². The first kappa shape index (κ1) is 52.1. The summed E-state index contributed by atoms with van der Waals surface area (Å²) in [5, 5.41) is 0. The normalized spacial score (nSPS) is 11.6. The molecule has 0 aliphatic carbocycles. The lowest BCUT2D eigenvalue weighted by Crippen LogP contribution is -2.36. The van der Waals surface area contributed by atoms with Gasteiger partial charge in [-0.1, -0.05) is 194 Å². The first-order valence-corrected chi connectivity index (χ1v) is 23.2. The topological polar surface area (TPSA) is 96.0 Å². The Balaban J connectivity index is 4.50. The number of hydrogen-bond donors (Lipinski definition) is 0. The third-order valence-corrected chi connectivity index (χ3v) is 10.8. The zero-order chi connectivity index (χ0) is 39.8. The van der Waals surface area contributed by atoms with Crippen LogP contribution in [0, 0.1) is 5.41 Å². The number of unbranched alkanes of at least 4 members (excludes halogenated alkanes) is 29. The molecule has 0 saturated carbocycles. The van der Waals surface area contributed by atoms with Gasteiger partial charge in [0.1, 0.15) is 19.5 Å². The van der Waals surface area contributed by atoms with Crippen molar-refractivity contribution in [3.63, 3.8) is 0 Å². The quantitative estimate of drug-likeness (QED) is 0.0264. The maximum Gasteiger partial charge on any atom is 0.312 e. The number of esters is 3. The Morgan fingerprint density at radius 2 is 0.778 bits per heavy atom. The Morgan fingerprint density at radius 1 is 0.463 bits per heavy atom. The lowest BCUT2D eigenvalue weighted by molar-refractivity contribution is -0.173. The monoisotopic (exact) mass is 765 g/mol. The van der Waals surface area contributed by atoms with Crippen molar-refractivity contribution in [1.82, 2.24) is 0 Å². The summed E-state index contributed by atoms with van der Waals surface area (Å²) >= 11 is 0. The molecule has 0 aromatic heterocycles. The van der Waals surface area contributed by atoms with Gasteiger partial charge in [0, 0.05) is 19.3 Å². The molecule has 0 aromatic carbocycles. The molecule has 0 rings (SSSR count). The van der Waals surface area contributed by atoms with Gasteiger partial charge in [0.05, 0.1) is 5.41 Å². The summed E-state index contributed by atoms with van der Waals surface area (Å²) in [5.41, 5.74) is -0.710. The van der Waals surface area contributed by atoms with Gasteiger partial charge in [-0.2, -0.15) is 0 Å². The molecule has 0 saturated heterocycles. The lowest BCUT2D eigenvalue weighted by Gasteiger charge is -2.26. The van der Waals surface area contributed by atoms with E-state index in [1.807, 2.05) is 13.8 Å². The third-order valence-electron chi connectivity index (χ3n) is 10.8. The first-order valence-electron chi connectivity index (χ1n) is 23.2. The minimum absolute atomic E-state index is 0.109. The van der Waals surface area contributed by atoms with Gasteiger partial charge in [-0.05, 0) is 39.5 Å². The van der Waals surface area contributed by atoms with Crippen molar-refractivity contribution in [1.29, 1.82) is 0 Å². The maximum atomic E-state index is 13.2. The molecule has 0 aliphatic rings. The second-order valence-electron chi connectivity index (χ2n) is 16.7. The van der Waals surface area contributed by atoms with Gasteiger partial charge >= 0.3 is 17.9 Å². The SMILES string of the molecule is CCCCCCCCCCCCCCCC(=O)OCC(COC(=O)CCCCCCCCCCCCCCC)OC(=O)C(C)(C)CCCCCCCC=O. The van der Waals surface area contributed by atoms with E-state index in [9.17, 15) is 19.2 Å². The zero-order valence-corrected chi connectivity index (χ0v) is 36.2. The van der Waals surface area contributed by atoms with Gasteiger partial charge in [0.25, 0.3) is 0 Å². The molecule has 0 N–H and O–H groups in total. The van der Waals surface area contributed by atoms with Crippen LogP contribution in [-0.4, -0.2) is 43.5 Å². The number of rotatable bonds is 42. The fraction of sp³-hybridized carbons (Fsp3) is 0.915. The highest BCUT2D eigenvalue weighted by atomic mass is 16.6. The summed E-state index contributed by atoms with van der Waals surface area (Å²) in [6.07, 6.45) is 39.3. The van der Waals surface area contributed by atoms with Gasteiger partial charge in [-0.15, -0.1) is 0 Å². The summed E-state index contributed by atoms with van der Waals surface area (Å²) in [6.45, 7) is 8.05. The summed E-state index contributed by atoms with van der Waals surface area (Å²) in [6, 6.07) is 0. The zero-order valence-electron chi connectivity index (χ0n) is 36.2. The molecule has 0 spiro atoms. The molecule has 0 atom stereocenters. The van der Waals surface area contributed by atoms with E-state index in [4.69, 9.17) is 14.2 Å². The highest BCUT2D eigenvalue weighted by molar-refractivity contribution is 5.76. The minimum atomic E-state index is -0.827. The second kappa shape index (κ2) is 39.3. The van der Waals surface area contributed by atoms with E-state index in [2.05, 4.69) is 13.8 Å².